The average Bonchev–Trinajstić information content (AvgIpc) is 2.60. The van der Waals surface area contributed by atoms with Gasteiger partial charge >= 0.3 is 0 Å². The minimum atomic E-state index is 0.443. The second kappa shape index (κ2) is 5.71. The van der Waals surface area contributed by atoms with Crippen LogP contribution >= 0.6 is 0 Å². The van der Waals surface area contributed by atoms with Crippen LogP contribution in [0.4, 0.5) is 0 Å². The molecule has 1 N–H and O–H groups in total. The molecule has 0 aromatic heterocycles. The summed E-state index contributed by atoms with van der Waals surface area (Å²) in [6, 6.07) is 20.4. The van der Waals surface area contributed by atoms with E-state index < -0.39 is 0 Å². The molecule has 1 saturated heterocycles. The van der Waals surface area contributed by atoms with Crippen LogP contribution in [0.15, 0.2) is 54.6 Å². The Labute approximate surface area is 131 Å². The molecular weight excluding hydrogens is 268 g/mol. The first-order chi connectivity index (χ1) is 10.8. The lowest BCUT2D eigenvalue weighted by molar-refractivity contribution is 0.187. The van der Waals surface area contributed by atoms with E-state index in [-0.39, 0.29) is 0 Å². The predicted molar refractivity (Wildman–Crippen MR) is 94.3 cm³/mol. The molecule has 1 heterocycles. The topological polar surface area (TPSA) is 15.3 Å². The van der Waals surface area contributed by atoms with Crippen molar-refractivity contribution < 1.29 is 0 Å². The lowest BCUT2D eigenvalue weighted by Gasteiger charge is -2.34. The molecule has 0 amide bonds. The Hall–Kier alpha value is -1.90. The van der Waals surface area contributed by atoms with E-state index in [0.29, 0.717) is 6.04 Å². The van der Waals surface area contributed by atoms with Gasteiger partial charge in [0.2, 0.25) is 0 Å². The Kier molecular flexibility index (Phi) is 3.57. The molecule has 3 aromatic carbocycles. The molecule has 2 nitrogen and oxygen atoms in total. The van der Waals surface area contributed by atoms with E-state index in [1.165, 1.54) is 27.1 Å². The van der Waals surface area contributed by atoms with Gasteiger partial charge in [-0.3, -0.25) is 4.90 Å². The summed E-state index contributed by atoms with van der Waals surface area (Å²) < 4.78 is 0. The summed E-state index contributed by atoms with van der Waals surface area (Å²) in [6.45, 7) is 6.79. The number of nitrogens with zero attached hydrogens (tertiary/aromatic N) is 1. The van der Waals surface area contributed by atoms with Crippen molar-refractivity contribution in [1.82, 2.24) is 10.2 Å². The third-order valence-electron chi connectivity index (χ3n) is 4.93. The van der Waals surface area contributed by atoms with Gasteiger partial charge in [0.15, 0.2) is 0 Å². The fourth-order valence-corrected chi connectivity index (χ4v) is 3.75. The van der Waals surface area contributed by atoms with Crippen LogP contribution in [0, 0.1) is 0 Å². The smallest absolute Gasteiger partial charge is 0.0333 e. The fourth-order valence-electron chi connectivity index (χ4n) is 3.75. The molecule has 4 rings (SSSR count). The Morgan fingerprint density at radius 2 is 1.41 bits per heavy atom. The summed E-state index contributed by atoms with van der Waals surface area (Å²) in [5.74, 6) is 0. The molecular formula is C20H22N2. The number of piperazine rings is 1. The summed E-state index contributed by atoms with van der Waals surface area (Å²) in [5.41, 5.74) is 1.48. The van der Waals surface area contributed by atoms with Crippen molar-refractivity contribution in [3.8, 4) is 0 Å². The van der Waals surface area contributed by atoms with Gasteiger partial charge in [-0.25, -0.2) is 0 Å². The fraction of sp³-hybridized carbons (Fsp3) is 0.300. The van der Waals surface area contributed by atoms with Gasteiger partial charge in [0.05, 0.1) is 0 Å². The zero-order valence-corrected chi connectivity index (χ0v) is 13.0. The van der Waals surface area contributed by atoms with Gasteiger partial charge in [-0.1, -0.05) is 48.5 Å². The Balaban J connectivity index is 1.95. The molecule has 112 valence electrons. The van der Waals surface area contributed by atoms with Gasteiger partial charge < -0.3 is 5.32 Å². The Morgan fingerprint density at radius 1 is 0.864 bits per heavy atom. The third-order valence-corrected chi connectivity index (χ3v) is 4.93. The van der Waals surface area contributed by atoms with E-state index >= 15 is 0 Å². The van der Waals surface area contributed by atoms with Crippen molar-refractivity contribution in [3.05, 3.63) is 60.2 Å². The Morgan fingerprint density at radius 3 is 2.00 bits per heavy atom. The third kappa shape index (κ3) is 2.29. The lowest BCUT2D eigenvalue weighted by atomic mass is 9.92. The first-order valence-corrected chi connectivity index (χ1v) is 8.20. The maximum absolute atomic E-state index is 3.45. The van der Waals surface area contributed by atoms with Crippen molar-refractivity contribution in [2.75, 3.05) is 26.2 Å². The largest absolute Gasteiger partial charge is 0.314 e. The molecule has 22 heavy (non-hydrogen) atoms. The predicted octanol–water partition coefficient (Wildman–Crippen LogP) is 3.96. The molecule has 1 atom stereocenters. The maximum atomic E-state index is 3.45. The normalized spacial score (nSPS) is 17.9. The summed E-state index contributed by atoms with van der Waals surface area (Å²) in [7, 11) is 0. The molecule has 0 spiro atoms. The van der Waals surface area contributed by atoms with E-state index in [4.69, 9.17) is 0 Å². The number of nitrogens with one attached hydrogen (secondary N) is 1. The second-order valence-electron chi connectivity index (χ2n) is 6.19. The van der Waals surface area contributed by atoms with Crippen molar-refractivity contribution in [3.63, 3.8) is 0 Å². The Bertz CT molecular complexity index is 749. The zero-order chi connectivity index (χ0) is 14.9. The zero-order valence-electron chi connectivity index (χ0n) is 13.0. The maximum Gasteiger partial charge on any atom is 0.0333 e. The second-order valence-corrected chi connectivity index (χ2v) is 6.19. The molecule has 3 aromatic rings. The van der Waals surface area contributed by atoms with Crippen molar-refractivity contribution in [1.29, 1.82) is 0 Å². The monoisotopic (exact) mass is 290 g/mol. The summed E-state index contributed by atoms with van der Waals surface area (Å²) in [5, 5.41) is 8.94. The van der Waals surface area contributed by atoms with Crippen molar-refractivity contribution in [2.24, 2.45) is 0 Å². The van der Waals surface area contributed by atoms with Crippen molar-refractivity contribution >= 4 is 21.5 Å². The van der Waals surface area contributed by atoms with Gasteiger partial charge in [0.25, 0.3) is 0 Å². The highest BCUT2D eigenvalue weighted by Crippen LogP contribution is 2.35. The SMILES string of the molecule is C[C@@H](c1c2ccccc2cc2ccccc12)N1CCNCC1. The number of fused-ring (bicyclic) bond motifs is 2. The molecule has 0 bridgehead atoms. The van der Waals surface area contributed by atoms with E-state index in [1.807, 2.05) is 0 Å². The van der Waals surface area contributed by atoms with Gasteiger partial charge in [-0.15, -0.1) is 0 Å². The first kappa shape index (κ1) is 13.7. The van der Waals surface area contributed by atoms with E-state index in [9.17, 15) is 0 Å². The molecule has 1 aliphatic rings. The van der Waals surface area contributed by atoms with Gasteiger partial charge in [0.1, 0.15) is 0 Å². The molecule has 0 saturated carbocycles. The standard InChI is InChI=1S/C20H22N2/c1-15(22-12-10-21-11-13-22)20-18-8-4-2-6-16(18)14-17-7-3-5-9-19(17)20/h2-9,14-15,21H,10-13H2,1H3/t15-/m0/s1. The van der Waals surface area contributed by atoms with Crippen LogP contribution < -0.4 is 5.32 Å². The minimum Gasteiger partial charge on any atom is -0.314 e. The van der Waals surface area contributed by atoms with Crippen LogP contribution in [0.3, 0.4) is 0 Å². The molecule has 0 unspecified atom stereocenters. The highest BCUT2D eigenvalue weighted by molar-refractivity contribution is 6.02. The van der Waals surface area contributed by atoms with E-state index in [2.05, 4.69) is 71.7 Å². The van der Waals surface area contributed by atoms with E-state index in [0.717, 1.165) is 26.2 Å². The molecule has 1 fully saturated rings. The highest BCUT2D eigenvalue weighted by Gasteiger charge is 2.21. The number of hydrogen-bond donors (Lipinski definition) is 1. The van der Waals surface area contributed by atoms with Crippen LogP contribution in [0.25, 0.3) is 21.5 Å². The molecule has 0 radical (unpaired) electrons. The van der Waals surface area contributed by atoms with Crippen LogP contribution in [0.1, 0.15) is 18.5 Å². The summed E-state index contributed by atoms with van der Waals surface area (Å²) in [4.78, 5) is 2.60. The number of benzene rings is 3. The van der Waals surface area contributed by atoms with Crippen LogP contribution in [-0.2, 0) is 0 Å². The highest BCUT2D eigenvalue weighted by atomic mass is 15.2. The first-order valence-electron chi connectivity index (χ1n) is 8.20. The molecule has 0 aliphatic carbocycles. The van der Waals surface area contributed by atoms with Crippen LogP contribution in [-0.4, -0.2) is 31.1 Å². The molecule has 2 heteroatoms. The quantitative estimate of drug-likeness (QED) is 0.719. The summed E-state index contributed by atoms with van der Waals surface area (Å²) in [6.07, 6.45) is 0. The lowest BCUT2D eigenvalue weighted by Crippen LogP contribution is -2.44. The van der Waals surface area contributed by atoms with Gasteiger partial charge in [-0.2, -0.15) is 0 Å². The van der Waals surface area contributed by atoms with Gasteiger partial charge in [0, 0.05) is 32.2 Å². The van der Waals surface area contributed by atoms with Crippen LogP contribution in [0.5, 0.6) is 0 Å². The minimum absolute atomic E-state index is 0.443. The number of rotatable bonds is 2. The molecule has 1 aliphatic heterocycles. The van der Waals surface area contributed by atoms with Gasteiger partial charge in [-0.05, 0) is 40.1 Å². The van der Waals surface area contributed by atoms with E-state index in [1.54, 1.807) is 0 Å². The van der Waals surface area contributed by atoms with Crippen molar-refractivity contribution in [2.45, 2.75) is 13.0 Å². The average molecular weight is 290 g/mol. The number of hydrogen-bond acceptors (Lipinski definition) is 2. The van der Waals surface area contributed by atoms with Crippen LogP contribution in [0.2, 0.25) is 0 Å². The summed E-state index contributed by atoms with van der Waals surface area (Å²) >= 11 is 0.